The Labute approximate surface area is 155 Å². The number of fused-ring (bicyclic) bond motifs is 1. The van der Waals surface area contributed by atoms with E-state index in [-0.39, 0.29) is 0 Å². The molecule has 1 atom stereocenters. The number of aromatic nitrogens is 1. The van der Waals surface area contributed by atoms with Crippen LogP contribution in [0.25, 0.3) is 10.9 Å². The summed E-state index contributed by atoms with van der Waals surface area (Å²) < 4.78 is 6.23. The minimum absolute atomic E-state index is 0.377. The topological polar surface area (TPSA) is 39.2 Å². The van der Waals surface area contributed by atoms with E-state index >= 15 is 0 Å². The summed E-state index contributed by atoms with van der Waals surface area (Å²) in [4.78, 5) is 16.4. The van der Waals surface area contributed by atoms with Crippen LogP contribution in [-0.4, -0.2) is 11.3 Å². The Balaban J connectivity index is 2.15. The number of rotatable bonds is 6. The highest BCUT2D eigenvalue weighted by atomic mass is 16.5. The van der Waals surface area contributed by atoms with E-state index in [0.29, 0.717) is 18.1 Å². The van der Waals surface area contributed by atoms with Crippen molar-refractivity contribution in [2.75, 3.05) is 0 Å². The quantitative estimate of drug-likeness (QED) is 0.532. The van der Waals surface area contributed by atoms with Gasteiger partial charge in [-0.3, -0.25) is 9.78 Å². The molecule has 1 unspecified atom stereocenters. The maximum atomic E-state index is 11.7. The van der Waals surface area contributed by atoms with Crippen LogP contribution in [0.3, 0.4) is 0 Å². The van der Waals surface area contributed by atoms with Gasteiger partial charge in [0.2, 0.25) is 0 Å². The fraction of sp³-hybridized carbons (Fsp3) is 0.304. The third-order valence-electron chi connectivity index (χ3n) is 5.10. The lowest BCUT2D eigenvalue weighted by molar-refractivity contribution is 0.112. The van der Waals surface area contributed by atoms with E-state index in [0.717, 1.165) is 51.7 Å². The van der Waals surface area contributed by atoms with Crippen molar-refractivity contribution in [3.05, 3.63) is 70.4 Å². The van der Waals surface area contributed by atoms with Gasteiger partial charge in [-0.05, 0) is 49.4 Å². The molecule has 0 N–H and O–H groups in total. The van der Waals surface area contributed by atoms with Gasteiger partial charge in [0.05, 0.1) is 5.52 Å². The molecule has 134 valence electrons. The second-order valence-electron chi connectivity index (χ2n) is 6.86. The van der Waals surface area contributed by atoms with E-state index in [4.69, 9.17) is 4.74 Å². The smallest absolute Gasteiger partial charge is 0.152 e. The van der Waals surface area contributed by atoms with Crippen LogP contribution in [0.5, 0.6) is 5.75 Å². The minimum atomic E-state index is 0.377. The van der Waals surface area contributed by atoms with Crippen molar-refractivity contribution in [1.82, 2.24) is 4.98 Å². The average Bonchev–Trinajstić information content (AvgIpc) is 2.68. The monoisotopic (exact) mass is 347 g/mol. The number of aryl methyl sites for hydroxylation is 1. The Kier molecular flexibility index (Phi) is 5.36. The Morgan fingerprint density at radius 2 is 1.88 bits per heavy atom. The van der Waals surface area contributed by atoms with E-state index < -0.39 is 0 Å². The Hall–Kier alpha value is -2.68. The van der Waals surface area contributed by atoms with Crippen molar-refractivity contribution < 1.29 is 9.53 Å². The predicted octanol–water partition coefficient (Wildman–Crippen LogP) is 5.76. The molecule has 0 spiro atoms. The van der Waals surface area contributed by atoms with Gasteiger partial charge >= 0.3 is 0 Å². The SMILES string of the molecule is CCC(C)c1cc(C=O)c2nc(C)c(C)c(OCc3ccccc3)c2c1. The molecule has 1 heterocycles. The molecule has 26 heavy (non-hydrogen) atoms. The number of hydrogen-bond donors (Lipinski definition) is 0. The molecule has 0 aliphatic heterocycles. The van der Waals surface area contributed by atoms with Gasteiger partial charge in [-0.2, -0.15) is 0 Å². The van der Waals surface area contributed by atoms with Crippen molar-refractivity contribution in [3.63, 3.8) is 0 Å². The number of ether oxygens (including phenoxy) is 1. The maximum absolute atomic E-state index is 11.7. The molecule has 0 aliphatic carbocycles. The molecule has 0 fully saturated rings. The highest BCUT2D eigenvalue weighted by molar-refractivity contribution is 5.99. The van der Waals surface area contributed by atoms with Crippen LogP contribution in [0.2, 0.25) is 0 Å². The van der Waals surface area contributed by atoms with Crippen LogP contribution in [0.15, 0.2) is 42.5 Å². The molecule has 0 saturated heterocycles. The van der Waals surface area contributed by atoms with E-state index in [9.17, 15) is 4.79 Å². The summed E-state index contributed by atoms with van der Waals surface area (Å²) >= 11 is 0. The van der Waals surface area contributed by atoms with Gasteiger partial charge in [-0.15, -0.1) is 0 Å². The lowest BCUT2D eigenvalue weighted by Gasteiger charge is -2.17. The van der Waals surface area contributed by atoms with Gasteiger partial charge in [0.25, 0.3) is 0 Å². The minimum Gasteiger partial charge on any atom is -0.488 e. The Morgan fingerprint density at radius 1 is 1.15 bits per heavy atom. The zero-order valence-corrected chi connectivity index (χ0v) is 15.9. The number of pyridine rings is 1. The van der Waals surface area contributed by atoms with Crippen LogP contribution < -0.4 is 4.74 Å². The Bertz CT molecular complexity index is 932. The molecular weight excluding hydrogens is 322 g/mol. The van der Waals surface area contributed by atoms with Crippen molar-refractivity contribution in [3.8, 4) is 5.75 Å². The van der Waals surface area contributed by atoms with Crippen molar-refractivity contribution in [1.29, 1.82) is 0 Å². The van der Waals surface area contributed by atoms with E-state index in [1.807, 2.05) is 50.2 Å². The number of carbonyl (C=O) groups excluding carboxylic acids is 1. The zero-order chi connectivity index (χ0) is 18.7. The summed E-state index contributed by atoms with van der Waals surface area (Å²) in [5.74, 6) is 1.20. The summed E-state index contributed by atoms with van der Waals surface area (Å²) in [6, 6.07) is 14.2. The number of carbonyl (C=O) groups is 1. The summed E-state index contributed by atoms with van der Waals surface area (Å²) in [6.45, 7) is 8.81. The molecule has 0 bridgehead atoms. The van der Waals surface area contributed by atoms with E-state index in [1.54, 1.807) is 0 Å². The highest BCUT2D eigenvalue weighted by Crippen LogP contribution is 2.35. The molecule has 3 aromatic rings. The van der Waals surface area contributed by atoms with Gasteiger partial charge in [-0.1, -0.05) is 44.2 Å². The first-order chi connectivity index (χ1) is 12.5. The fourth-order valence-corrected chi connectivity index (χ4v) is 3.12. The maximum Gasteiger partial charge on any atom is 0.152 e. The first-order valence-corrected chi connectivity index (χ1v) is 9.11. The molecular formula is C23H25NO2. The Morgan fingerprint density at radius 3 is 2.54 bits per heavy atom. The highest BCUT2D eigenvalue weighted by Gasteiger charge is 2.16. The molecule has 2 aromatic carbocycles. The van der Waals surface area contributed by atoms with Crippen molar-refractivity contribution in [2.45, 2.75) is 46.6 Å². The third-order valence-corrected chi connectivity index (χ3v) is 5.10. The van der Waals surface area contributed by atoms with E-state index in [1.165, 1.54) is 0 Å². The molecule has 3 nitrogen and oxygen atoms in total. The molecule has 0 saturated carbocycles. The van der Waals surface area contributed by atoms with Crippen LogP contribution >= 0.6 is 0 Å². The molecule has 0 radical (unpaired) electrons. The largest absolute Gasteiger partial charge is 0.488 e. The predicted molar refractivity (Wildman–Crippen MR) is 106 cm³/mol. The van der Waals surface area contributed by atoms with Gasteiger partial charge in [0.15, 0.2) is 6.29 Å². The van der Waals surface area contributed by atoms with Crippen LogP contribution in [0, 0.1) is 13.8 Å². The summed E-state index contributed by atoms with van der Waals surface area (Å²) in [5.41, 5.74) is 5.52. The molecule has 3 rings (SSSR count). The van der Waals surface area contributed by atoms with Crippen molar-refractivity contribution in [2.24, 2.45) is 0 Å². The zero-order valence-electron chi connectivity index (χ0n) is 15.9. The average molecular weight is 347 g/mol. The van der Waals surface area contributed by atoms with E-state index in [2.05, 4.69) is 24.9 Å². The molecule has 1 aromatic heterocycles. The van der Waals surface area contributed by atoms with Crippen LogP contribution in [0.1, 0.15) is 58.9 Å². The summed E-state index contributed by atoms with van der Waals surface area (Å²) in [6.07, 6.45) is 1.92. The molecule has 0 aliphatic rings. The lowest BCUT2D eigenvalue weighted by atomic mass is 9.93. The lowest BCUT2D eigenvalue weighted by Crippen LogP contribution is -2.03. The van der Waals surface area contributed by atoms with Gasteiger partial charge < -0.3 is 4.74 Å². The third kappa shape index (κ3) is 3.48. The first-order valence-electron chi connectivity index (χ1n) is 9.11. The van der Waals surface area contributed by atoms with Crippen molar-refractivity contribution >= 4 is 17.2 Å². The normalized spacial score (nSPS) is 12.2. The molecule has 3 heteroatoms. The number of hydrogen-bond acceptors (Lipinski definition) is 3. The molecule has 0 amide bonds. The number of aldehydes is 1. The fourth-order valence-electron chi connectivity index (χ4n) is 3.12. The standard InChI is InChI=1S/C23H25NO2/c1-5-15(2)19-11-20(13-25)22-21(12-19)23(16(3)17(4)24-22)26-14-18-9-7-6-8-10-18/h6-13,15H,5,14H2,1-4H3. The van der Waals surface area contributed by atoms with Gasteiger partial charge in [0, 0.05) is 22.2 Å². The van der Waals surface area contributed by atoms with Gasteiger partial charge in [0.1, 0.15) is 12.4 Å². The second kappa shape index (κ2) is 7.69. The summed E-state index contributed by atoms with van der Waals surface area (Å²) in [5, 5.41) is 0.920. The second-order valence-corrected chi connectivity index (χ2v) is 6.86. The van der Waals surface area contributed by atoms with Crippen LogP contribution in [0.4, 0.5) is 0 Å². The number of benzene rings is 2. The number of nitrogens with zero attached hydrogens (tertiary/aromatic N) is 1. The summed E-state index contributed by atoms with van der Waals surface area (Å²) in [7, 11) is 0. The van der Waals surface area contributed by atoms with Gasteiger partial charge in [-0.25, -0.2) is 0 Å². The van der Waals surface area contributed by atoms with Crippen LogP contribution in [-0.2, 0) is 6.61 Å². The first kappa shape index (κ1) is 18.1.